The average molecular weight is 488 g/mol. The van der Waals surface area contributed by atoms with Crippen LogP contribution in [0.2, 0.25) is 0 Å². The smallest absolute Gasteiger partial charge is 0.251 e. The predicted molar refractivity (Wildman–Crippen MR) is 121 cm³/mol. The molecule has 1 aliphatic carbocycles. The summed E-state index contributed by atoms with van der Waals surface area (Å²) in [6.07, 6.45) is 5.83. The van der Waals surface area contributed by atoms with Gasteiger partial charge in [-0.1, -0.05) is 31.4 Å². The van der Waals surface area contributed by atoms with E-state index in [0.717, 1.165) is 50.2 Å². The van der Waals surface area contributed by atoms with Crippen molar-refractivity contribution >= 4 is 35.8 Å². The molecule has 0 spiro atoms. The first-order chi connectivity index (χ1) is 12.6. The topological polar surface area (TPSA) is 85.8 Å². The standard InChI is InChI=1S/C20H32N4O2.HI/c1-3-22-19(24-15-20(26)11-5-4-6-12-20)23-13-10-16-8-7-9-17(14-16)18(25)21-2;/h7-9,14,26H,3-6,10-13,15H2,1-2H3,(H,21,25)(H2,22,23,24);1H. The number of amides is 1. The summed E-state index contributed by atoms with van der Waals surface area (Å²) in [6, 6.07) is 7.64. The fraction of sp³-hybridized carbons (Fsp3) is 0.600. The number of aliphatic imine (C=N–C) groups is 1. The van der Waals surface area contributed by atoms with Crippen molar-refractivity contribution in [3.8, 4) is 0 Å². The van der Waals surface area contributed by atoms with Gasteiger partial charge in [0.2, 0.25) is 0 Å². The first-order valence-electron chi connectivity index (χ1n) is 9.62. The van der Waals surface area contributed by atoms with Crippen LogP contribution in [0.15, 0.2) is 29.3 Å². The Kier molecular flexibility index (Phi) is 10.7. The summed E-state index contributed by atoms with van der Waals surface area (Å²) in [5, 5.41) is 19.8. The average Bonchev–Trinajstić information content (AvgIpc) is 2.66. The third-order valence-electron chi connectivity index (χ3n) is 4.78. The van der Waals surface area contributed by atoms with Crippen LogP contribution >= 0.6 is 24.0 Å². The molecule has 1 aliphatic rings. The number of rotatable bonds is 7. The van der Waals surface area contributed by atoms with Gasteiger partial charge in [-0.15, -0.1) is 24.0 Å². The molecule has 0 unspecified atom stereocenters. The molecule has 1 fully saturated rings. The highest BCUT2D eigenvalue weighted by Crippen LogP contribution is 2.28. The summed E-state index contributed by atoms with van der Waals surface area (Å²) in [6.45, 7) is 3.95. The molecule has 1 amide bonds. The summed E-state index contributed by atoms with van der Waals surface area (Å²) in [4.78, 5) is 16.3. The minimum atomic E-state index is -0.650. The van der Waals surface area contributed by atoms with Gasteiger partial charge in [-0.25, -0.2) is 0 Å². The van der Waals surface area contributed by atoms with E-state index in [9.17, 15) is 9.90 Å². The highest BCUT2D eigenvalue weighted by molar-refractivity contribution is 14.0. The molecule has 4 N–H and O–H groups in total. The molecule has 0 radical (unpaired) electrons. The van der Waals surface area contributed by atoms with Crippen LogP contribution in [0.4, 0.5) is 0 Å². The third kappa shape index (κ3) is 8.04. The van der Waals surface area contributed by atoms with Crippen molar-refractivity contribution in [1.29, 1.82) is 0 Å². The Morgan fingerprint density at radius 3 is 2.63 bits per heavy atom. The Hall–Kier alpha value is -1.35. The van der Waals surface area contributed by atoms with Crippen LogP contribution in [0.25, 0.3) is 0 Å². The first-order valence-corrected chi connectivity index (χ1v) is 9.62. The van der Waals surface area contributed by atoms with E-state index in [1.54, 1.807) is 7.05 Å². The van der Waals surface area contributed by atoms with Crippen LogP contribution in [0.5, 0.6) is 0 Å². The fourth-order valence-corrected chi connectivity index (χ4v) is 3.27. The highest BCUT2D eigenvalue weighted by Gasteiger charge is 2.28. The van der Waals surface area contributed by atoms with E-state index in [0.29, 0.717) is 18.7 Å². The number of benzene rings is 1. The van der Waals surface area contributed by atoms with Crippen LogP contribution in [-0.4, -0.2) is 49.3 Å². The Balaban J connectivity index is 0.00000364. The lowest BCUT2D eigenvalue weighted by Crippen LogP contribution is -2.41. The molecule has 27 heavy (non-hydrogen) atoms. The number of hydrogen-bond acceptors (Lipinski definition) is 3. The molecule has 0 aromatic heterocycles. The zero-order valence-electron chi connectivity index (χ0n) is 16.4. The van der Waals surface area contributed by atoms with E-state index in [1.165, 1.54) is 6.42 Å². The maximum atomic E-state index is 11.7. The van der Waals surface area contributed by atoms with E-state index in [1.807, 2.05) is 31.2 Å². The second kappa shape index (κ2) is 12.2. The molecule has 2 rings (SSSR count). The minimum absolute atomic E-state index is 0. The van der Waals surface area contributed by atoms with Gasteiger partial charge in [0.05, 0.1) is 12.1 Å². The Labute approximate surface area is 179 Å². The van der Waals surface area contributed by atoms with E-state index < -0.39 is 5.60 Å². The van der Waals surface area contributed by atoms with E-state index in [-0.39, 0.29) is 29.9 Å². The highest BCUT2D eigenvalue weighted by atomic mass is 127. The van der Waals surface area contributed by atoms with Crippen LogP contribution in [0.1, 0.15) is 54.9 Å². The molecule has 0 aliphatic heterocycles. The number of guanidine groups is 1. The molecule has 0 heterocycles. The van der Waals surface area contributed by atoms with Gasteiger partial charge < -0.3 is 21.1 Å². The second-order valence-electron chi connectivity index (χ2n) is 6.94. The molecule has 0 bridgehead atoms. The van der Waals surface area contributed by atoms with Crippen molar-refractivity contribution in [3.63, 3.8) is 0 Å². The molecule has 152 valence electrons. The minimum Gasteiger partial charge on any atom is -0.388 e. The Morgan fingerprint density at radius 2 is 1.96 bits per heavy atom. The van der Waals surface area contributed by atoms with Gasteiger partial charge in [-0.2, -0.15) is 0 Å². The molecular formula is C20H33IN4O2. The molecule has 1 aromatic rings. The van der Waals surface area contributed by atoms with Gasteiger partial charge in [0.1, 0.15) is 0 Å². The van der Waals surface area contributed by atoms with Gasteiger partial charge in [0, 0.05) is 25.7 Å². The summed E-state index contributed by atoms with van der Waals surface area (Å²) in [5.41, 5.74) is 1.12. The number of nitrogens with one attached hydrogen (secondary N) is 3. The SMILES string of the molecule is CCNC(=NCC1(O)CCCCC1)NCCc1cccc(C(=O)NC)c1.I. The zero-order chi connectivity index (χ0) is 18.8. The monoisotopic (exact) mass is 488 g/mol. The van der Waals surface area contributed by atoms with Gasteiger partial charge in [0.15, 0.2) is 5.96 Å². The summed E-state index contributed by atoms with van der Waals surface area (Å²) in [5.74, 6) is 0.657. The Morgan fingerprint density at radius 1 is 1.22 bits per heavy atom. The van der Waals surface area contributed by atoms with Crippen molar-refractivity contribution in [2.24, 2.45) is 4.99 Å². The lowest BCUT2D eigenvalue weighted by molar-refractivity contribution is 0.0131. The van der Waals surface area contributed by atoms with Gasteiger partial charge in [-0.05, 0) is 43.9 Å². The number of halogens is 1. The molecule has 6 nitrogen and oxygen atoms in total. The number of hydrogen-bond donors (Lipinski definition) is 4. The summed E-state index contributed by atoms with van der Waals surface area (Å²) in [7, 11) is 1.63. The van der Waals surface area contributed by atoms with Crippen LogP contribution < -0.4 is 16.0 Å². The quantitative estimate of drug-likeness (QED) is 0.270. The zero-order valence-corrected chi connectivity index (χ0v) is 18.7. The van der Waals surface area contributed by atoms with Crippen molar-refractivity contribution in [1.82, 2.24) is 16.0 Å². The van der Waals surface area contributed by atoms with Crippen molar-refractivity contribution < 1.29 is 9.90 Å². The number of aliphatic hydroxyl groups is 1. The maximum Gasteiger partial charge on any atom is 0.251 e. The largest absolute Gasteiger partial charge is 0.388 e. The molecule has 1 aromatic carbocycles. The summed E-state index contributed by atoms with van der Waals surface area (Å²) >= 11 is 0. The van der Waals surface area contributed by atoms with Gasteiger partial charge in [-0.3, -0.25) is 9.79 Å². The second-order valence-corrected chi connectivity index (χ2v) is 6.94. The number of nitrogens with zero attached hydrogens (tertiary/aromatic N) is 1. The van der Waals surface area contributed by atoms with Crippen LogP contribution in [0, 0.1) is 0 Å². The lowest BCUT2D eigenvalue weighted by atomic mass is 9.85. The molecule has 7 heteroatoms. The summed E-state index contributed by atoms with van der Waals surface area (Å²) < 4.78 is 0. The van der Waals surface area contributed by atoms with E-state index in [4.69, 9.17) is 0 Å². The maximum absolute atomic E-state index is 11.7. The number of carbonyl (C=O) groups excluding carboxylic acids is 1. The first kappa shape index (κ1) is 23.7. The molecule has 1 saturated carbocycles. The van der Waals surface area contributed by atoms with Crippen molar-refractivity contribution in [2.75, 3.05) is 26.7 Å². The normalized spacial score (nSPS) is 16.2. The third-order valence-corrected chi connectivity index (χ3v) is 4.78. The van der Waals surface area contributed by atoms with Crippen LogP contribution in [-0.2, 0) is 6.42 Å². The van der Waals surface area contributed by atoms with Crippen molar-refractivity contribution in [3.05, 3.63) is 35.4 Å². The number of carbonyl (C=O) groups is 1. The van der Waals surface area contributed by atoms with Gasteiger partial charge >= 0.3 is 0 Å². The molecular weight excluding hydrogens is 455 g/mol. The van der Waals surface area contributed by atoms with Crippen LogP contribution in [0.3, 0.4) is 0 Å². The van der Waals surface area contributed by atoms with E-state index >= 15 is 0 Å². The fourth-order valence-electron chi connectivity index (χ4n) is 3.27. The van der Waals surface area contributed by atoms with Gasteiger partial charge in [0.25, 0.3) is 5.91 Å². The van der Waals surface area contributed by atoms with Crippen molar-refractivity contribution in [2.45, 2.75) is 51.0 Å². The Bertz CT molecular complexity index is 616. The molecule has 0 saturated heterocycles. The predicted octanol–water partition coefficient (Wildman–Crippen LogP) is 2.46. The van der Waals surface area contributed by atoms with E-state index in [2.05, 4.69) is 20.9 Å². The molecule has 0 atom stereocenters. The lowest BCUT2D eigenvalue weighted by Gasteiger charge is -2.30.